The van der Waals surface area contributed by atoms with Gasteiger partial charge in [-0.25, -0.2) is 13.9 Å². The van der Waals surface area contributed by atoms with Crippen LogP contribution in [0.3, 0.4) is 0 Å². The summed E-state index contributed by atoms with van der Waals surface area (Å²) >= 11 is 0. The first kappa shape index (κ1) is 22.6. The number of imidazole rings is 1. The highest BCUT2D eigenvalue weighted by Crippen LogP contribution is 2.14. The second kappa shape index (κ2) is 12.7. The lowest BCUT2D eigenvalue weighted by atomic mass is 10.0. The quantitative estimate of drug-likeness (QED) is 0.353. The zero-order valence-corrected chi connectivity index (χ0v) is 18.0. The van der Waals surface area contributed by atoms with Crippen LogP contribution in [0.2, 0.25) is 0 Å². The van der Waals surface area contributed by atoms with Gasteiger partial charge >= 0.3 is 0 Å². The Morgan fingerprint density at radius 2 is 1.43 bits per heavy atom. The van der Waals surface area contributed by atoms with E-state index in [9.17, 15) is 8.42 Å². The number of nitrogens with zero attached hydrogens (tertiary/aromatic N) is 3. The van der Waals surface area contributed by atoms with Crippen molar-refractivity contribution in [1.82, 2.24) is 13.9 Å². The summed E-state index contributed by atoms with van der Waals surface area (Å²) < 4.78 is 26.1. The smallest absolute Gasteiger partial charge is 0.243 e. The predicted octanol–water partition coefficient (Wildman–Crippen LogP) is 5.76. The molecule has 0 radical (unpaired) electrons. The molecule has 2 aromatic rings. The van der Waals surface area contributed by atoms with Crippen molar-refractivity contribution in [3.63, 3.8) is 0 Å². The van der Waals surface area contributed by atoms with Crippen LogP contribution in [-0.2, 0) is 16.4 Å². The summed E-state index contributed by atoms with van der Waals surface area (Å²) in [5, 5.41) is 0.0457. The summed E-state index contributed by atoms with van der Waals surface area (Å²) in [4.78, 5) is 8.19. The Morgan fingerprint density at radius 3 is 2.00 bits per heavy atom. The lowest BCUT2D eigenvalue weighted by Gasteiger charge is -2.03. The van der Waals surface area contributed by atoms with Crippen LogP contribution in [0.5, 0.6) is 0 Å². The lowest BCUT2D eigenvalue weighted by molar-refractivity contribution is 0.543. The van der Waals surface area contributed by atoms with Crippen molar-refractivity contribution < 1.29 is 8.42 Å². The molecule has 0 unspecified atom stereocenters. The molecule has 5 nitrogen and oxygen atoms in total. The fraction of sp³-hybridized carbons (Fsp3) is 0.636. The standard InChI is InChI=1S/C22H35N3O2S/c1-2-3-4-5-6-7-8-9-10-11-12-13-16-21-19-25(20-24-21)28(26,27)22-17-14-15-18-23-22/h14-15,17-20H,2-13,16H2,1H3. The largest absolute Gasteiger partial charge is 0.286 e. The summed E-state index contributed by atoms with van der Waals surface area (Å²) in [5.74, 6) is 0. The van der Waals surface area contributed by atoms with Gasteiger partial charge in [0, 0.05) is 12.4 Å². The van der Waals surface area contributed by atoms with Crippen LogP contribution in [0, 0.1) is 0 Å². The van der Waals surface area contributed by atoms with E-state index in [4.69, 9.17) is 0 Å². The zero-order valence-electron chi connectivity index (χ0n) is 17.2. The number of hydrogen-bond acceptors (Lipinski definition) is 4. The predicted molar refractivity (Wildman–Crippen MR) is 114 cm³/mol. The molecule has 0 amide bonds. The normalized spacial score (nSPS) is 11.8. The summed E-state index contributed by atoms with van der Waals surface area (Å²) in [6.45, 7) is 2.26. The van der Waals surface area contributed by atoms with E-state index < -0.39 is 10.0 Å². The van der Waals surface area contributed by atoms with Gasteiger partial charge in [0.05, 0.1) is 5.69 Å². The van der Waals surface area contributed by atoms with E-state index >= 15 is 0 Å². The Hall–Kier alpha value is -1.69. The minimum Gasteiger partial charge on any atom is -0.243 e. The molecule has 0 saturated carbocycles. The molecular weight excluding hydrogens is 370 g/mol. The highest BCUT2D eigenvalue weighted by atomic mass is 32.2. The average Bonchev–Trinajstić information content (AvgIpc) is 3.19. The Morgan fingerprint density at radius 1 is 0.821 bits per heavy atom. The van der Waals surface area contributed by atoms with Crippen molar-refractivity contribution in [3.8, 4) is 0 Å². The monoisotopic (exact) mass is 405 g/mol. The number of aromatic nitrogens is 3. The molecule has 156 valence electrons. The maximum atomic E-state index is 12.5. The van der Waals surface area contributed by atoms with E-state index in [1.807, 2.05) is 0 Å². The molecule has 0 saturated heterocycles. The first-order chi connectivity index (χ1) is 13.6. The summed E-state index contributed by atoms with van der Waals surface area (Å²) in [7, 11) is -3.63. The van der Waals surface area contributed by atoms with E-state index in [-0.39, 0.29) is 5.03 Å². The molecule has 0 fully saturated rings. The molecule has 0 atom stereocenters. The SMILES string of the molecule is CCCCCCCCCCCCCCc1cn(S(=O)(=O)c2ccccn2)cn1. The molecule has 0 aliphatic rings. The topological polar surface area (TPSA) is 64.8 Å². The molecule has 2 heterocycles. The van der Waals surface area contributed by atoms with Crippen LogP contribution in [0.25, 0.3) is 0 Å². The van der Waals surface area contributed by atoms with E-state index in [0.717, 1.165) is 18.5 Å². The molecular formula is C22H35N3O2S. The number of rotatable bonds is 15. The second-order valence-corrected chi connectivity index (χ2v) is 9.30. The van der Waals surface area contributed by atoms with Gasteiger partial charge in [0.15, 0.2) is 5.03 Å². The molecule has 28 heavy (non-hydrogen) atoms. The van der Waals surface area contributed by atoms with Gasteiger partial charge in [-0.2, -0.15) is 8.42 Å². The van der Waals surface area contributed by atoms with Gasteiger partial charge in [-0.05, 0) is 25.0 Å². The van der Waals surface area contributed by atoms with Crippen molar-refractivity contribution in [1.29, 1.82) is 0 Å². The fourth-order valence-corrected chi connectivity index (χ4v) is 4.45. The third-order valence-electron chi connectivity index (χ3n) is 5.08. The minimum atomic E-state index is -3.63. The summed E-state index contributed by atoms with van der Waals surface area (Å²) in [6, 6.07) is 4.87. The lowest BCUT2D eigenvalue weighted by Crippen LogP contribution is -2.12. The first-order valence-electron chi connectivity index (χ1n) is 10.8. The molecule has 0 aliphatic heterocycles. The van der Waals surface area contributed by atoms with Gasteiger partial charge in [-0.3, -0.25) is 0 Å². The van der Waals surface area contributed by atoms with E-state index in [1.54, 1.807) is 18.3 Å². The second-order valence-electron chi connectivity index (χ2n) is 7.51. The van der Waals surface area contributed by atoms with Crippen molar-refractivity contribution >= 4 is 10.0 Å². The number of aryl methyl sites for hydroxylation is 1. The number of unbranched alkanes of at least 4 members (excludes halogenated alkanes) is 11. The molecule has 0 N–H and O–H groups in total. The van der Waals surface area contributed by atoms with Gasteiger partial charge in [0.1, 0.15) is 6.33 Å². The number of hydrogen-bond donors (Lipinski definition) is 0. The highest BCUT2D eigenvalue weighted by molar-refractivity contribution is 7.89. The van der Waals surface area contributed by atoms with Crippen LogP contribution >= 0.6 is 0 Å². The maximum Gasteiger partial charge on any atom is 0.286 e. The minimum absolute atomic E-state index is 0.0457. The van der Waals surface area contributed by atoms with Crippen molar-refractivity contribution in [2.24, 2.45) is 0 Å². The van der Waals surface area contributed by atoms with E-state index in [0.29, 0.717) is 0 Å². The fourth-order valence-electron chi connectivity index (χ4n) is 3.36. The maximum absolute atomic E-state index is 12.5. The third-order valence-corrected chi connectivity index (χ3v) is 6.60. The molecule has 0 spiro atoms. The Labute approximate surface area is 170 Å². The highest BCUT2D eigenvalue weighted by Gasteiger charge is 2.18. The molecule has 6 heteroatoms. The Bertz CT molecular complexity index is 757. The van der Waals surface area contributed by atoms with E-state index in [1.165, 1.54) is 93.2 Å². The molecule has 0 aromatic carbocycles. The zero-order chi connectivity index (χ0) is 20.1. The van der Waals surface area contributed by atoms with Crippen LogP contribution in [0.4, 0.5) is 0 Å². The van der Waals surface area contributed by atoms with Gasteiger partial charge in [0.25, 0.3) is 10.0 Å². The van der Waals surface area contributed by atoms with Crippen LogP contribution in [0.1, 0.15) is 89.7 Å². The van der Waals surface area contributed by atoms with Crippen molar-refractivity contribution in [2.75, 3.05) is 0 Å². The van der Waals surface area contributed by atoms with Crippen LogP contribution < -0.4 is 0 Å². The van der Waals surface area contributed by atoms with Crippen LogP contribution in [-0.4, -0.2) is 22.4 Å². The van der Waals surface area contributed by atoms with Crippen molar-refractivity contribution in [3.05, 3.63) is 42.6 Å². The summed E-state index contributed by atoms with van der Waals surface area (Å²) in [6.07, 6.45) is 21.1. The third kappa shape index (κ3) is 7.74. The Kier molecular flexibility index (Phi) is 10.3. The van der Waals surface area contributed by atoms with E-state index in [2.05, 4.69) is 16.9 Å². The molecule has 2 rings (SSSR count). The molecule has 0 bridgehead atoms. The number of pyridine rings is 1. The van der Waals surface area contributed by atoms with Gasteiger partial charge < -0.3 is 0 Å². The molecule has 0 aliphatic carbocycles. The van der Waals surface area contributed by atoms with Gasteiger partial charge in [-0.1, -0.05) is 83.6 Å². The van der Waals surface area contributed by atoms with Crippen molar-refractivity contribution in [2.45, 2.75) is 95.4 Å². The van der Waals surface area contributed by atoms with Gasteiger partial charge in [-0.15, -0.1) is 0 Å². The van der Waals surface area contributed by atoms with Gasteiger partial charge in [0.2, 0.25) is 0 Å². The Balaban J connectivity index is 1.57. The average molecular weight is 406 g/mol. The van der Waals surface area contributed by atoms with Crippen LogP contribution in [0.15, 0.2) is 41.9 Å². The summed E-state index contributed by atoms with van der Waals surface area (Å²) in [5.41, 5.74) is 0.826. The molecule has 2 aromatic heterocycles. The first-order valence-corrected chi connectivity index (χ1v) is 12.3.